The summed E-state index contributed by atoms with van der Waals surface area (Å²) in [4.78, 5) is 6.32. The Hall–Kier alpha value is -0.380. The van der Waals surface area contributed by atoms with Crippen LogP contribution in [0, 0.1) is 5.92 Å². The van der Waals surface area contributed by atoms with E-state index in [-0.39, 0.29) is 49.1 Å². The predicted molar refractivity (Wildman–Crippen MR) is 111 cm³/mol. The lowest BCUT2D eigenvalue weighted by Crippen LogP contribution is -2.50. The maximum atomic E-state index is 12.6. The van der Waals surface area contributed by atoms with E-state index in [1.807, 2.05) is 7.05 Å². The maximum Gasteiger partial charge on any atom is 0.511 e. The van der Waals surface area contributed by atoms with E-state index in [0.717, 1.165) is 13.1 Å². The number of ether oxygens (including phenoxy) is 1. The van der Waals surface area contributed by atoms with Crippen LogP contribution in [-0.4, -0.2) is 95.2 Å². The van der Waals surface area contributed by atoms with Gasteiger partial charge in [0.25, 0.3) is 0 Å². The number of morpholine rings is 1. The van der Waals surface area contributed by atoms with Crippen LogP contribution >= 0.6 is 24.0 Å². The Morgan fingerprint density at radius 2 is 1.79 bits per heavy atom. The van der Waals surface area contributed by atoms with Crippen molar-refractivity contribution in [3.63, 3.8) is 0 Å². The molecule has 0 aliphatic carbocycles. The predicted octanol–water partition coefficient (Wildman–Crippen LogP) is 0.662. The third-order valence-corrected chi connectivity index (χ3v) is 6.46. The summed E-state index contributed by atoms with van der Waals surface area (Å²) in [6, 6.07) is 0. The summed E-state index contributed by atoms with van der Waals surface area (Å²) in [5.41, 5.74) is -5.24. The Morgan fingerprint density at radius 3 is 2.32 bits per heavy atom. The molecule has 0 saturated carbocycles. The molecule has 2 fully saturated rings. The standard InChI is InChI=1S/C15H28F3N5O3S.HI/c1-19-14(21-10-13-11-22(2)7-8-26-13)20-9-12-3-5-23(6-4-12)27(24,25)15(16,17)18;/h12-13H,3-11H2,1-2H3,(H2,19,20,21);1H. The minimum Gasteiger partial charge on any atom is -0.374 e. The van der Waals surface area contributed by atoms with Gasteiger partial charge in [0.15, 0.2) is 5.96 Å². The van der Waals surface area contributed by atoms with Gasteiger partial charge in [-0.25, -0.2) is 8.42 Å². The molecule has 0 amide bonds. The zero-order valence-electron chi connectivity index (χ0n) is 16.0. The number of likely N-dealkylation sites (N-methyl/N-ethyl adjacent to an activating group) is 1. The zero-order chi connectivity index (χ0) is 20.1. The average Bonchev–Trinajstić information content (AvgIpc) is 2.61. The number of aliphatic imine (C=N–C) groups is 1. The SMILES string of the molecule is CN=C(NCC1CCN(S(=O)(=O)C(F)(F)F)CC1)NCC1CN(C)CCO1.I. The number of sulfonamides is 1. The smallest absolute Gasteiger partial charge is 0.374 e. The number of halogens is 4. The topological polar surface area (TPSA) is 86.3 Å². The highest BCUT2D eigenvalue weighted by atomic mass is 127. The monoisotopic (exact) mass is 543 g/mol. The van der Waals surface area contributed by atoms with Crippen molar-refractivity contribution in [3.05, 3.63) is 0 Å². The van der Waals surface area contributed by atoms with E-state index >= 15 is 0 Å². The molecule has 1 atom stereocenters. The van der Waals surface area contributed by atoms with Crippen LogP contribution in [-0.2, 0) is 14.8 Å². The van der Waals surface area contributed by atoms with Gasteiger partial charge in [-0.15, -0.1) is 24.0 Å². The fraction of sp³-hybridized carbons (Fsp3) is 0.933. The molecule has 28 heavy (non-hydrogen) atoms. The number of nitrogens with one attached hydrogen (secondary N) is 2. The van der Waals surface area contributed by atoms with Gasteiger partial charge in [0.1, 0.15) is 0 Å². The number of alkyl halides is 3. The van der Waals surface area contributed by atoms with Crippen LogP contribution in [0.1, 0.15) is 12.8 Å². The van der Waals surface area contributed by atoms with Gasteiger partial charge in [-0.05, 0) is 25.8 Å². The van der Waals surface area contributed by atoms with Gasteiger partial charge in [-0.3, -0.25) is 4.99 Å². The quantitative estimate of drug-likeness (QED) is 0.301. The highest BCUT2D eigenvalue weighted by molar-refractivity contribution is 14.0. The molecule has 0 aromatic heterocycles. The molecule has 0 aromatic rings. The van der Waals surface area contributed by atoms with Crippen molar-refractivity contribution in [1.29, 1.82) is 0 Å². The fourth-order valence-electron chi connectivity index (χ4n) is 3.16. The lowest BCUT2D eigenvalue weighted by molar-refractivity contribution is -0.0496. The first kappa shape index (κ1) is 25.7. The molecule has 2 rings (SSSR count). The molecule has 13 heteroatoms. The third kappa shape index (κ3) is 7.15. The molecular weight excluding hydrogens is 514 g/mol. The normalized spacial score (nSPS) is 23.9. The Labute approximate surface area is 181 Å². The van der Waals surface area contributed by atoms with Gasteiger partial charge < -0.3 is 20.3 Å². The van der Waals surface area contributed by atoms with Crippen molar-refractivity contribution in [2.45, 2.75) is 24.5 Å². The Bertz CT molecular complexity index is 613. The number of guanidine groups is 1. The Balaban J connectivity index is 0.00000392. The minimum absolute atomic E-state index is 0. The van der Waals surface area contributed by atoms with Crippen molar-refractivity contribution in [3.8, 4) is 0 Å². The van der Waals surface area contributed by atoms with Gasteiger partial charge in [0.2, 0.25) is 0 Å². The molecule has 2 aliphatic heterocycles. The average molecular weight is 543 g/mol. The fourth-order valence-corrected chi connectivity index (χ4v) is 4.15. The van der Waals surface area contributed by atoms with Gasteiger partial charge in [0.05, 0.1) is 12.7 Å². The van der Waals surface area contributed by atoms with Crippen molar-refractivity contribution >= 4 is 40.0 Å². The Morgan fingerprint density at radius 1 is 1.18 bits per heavy atom. The molecule has 2 aliphatic rings. The van der Waals surface area contributed by atoms with Crippen molar-refractivity contribution in [1.82, 2.24) is 19.8 Å². The van der Waals surface area contributed by atoms with Crippen LogP contribution in [0.5, 0.6) is 0 Å². The first-order valence-corrected chi connectivity index (χ1v) is 10.4. The molecule has 0 spiro atoms. The summed E-state index contributed by atoms with van der Waals surface area (Å²) in [6.45, 7) is 3.30. The zero-order valence-corrected chi connectivity index (χ0v) is 19.2. The molecule has 0 radical (unpaired) electrons. The van der Waals surface area contributed by atoms with Crippen molar-refractivity contribution in [2.75, 3.05) is 60.0 Å². The van der Waals surface area contributed by atoms with Crippen LogP contribution in [0.3, 0.4) is 0 Å². The lowest BCUT2D eigenvalue weighted by atomic mass is 9.98. The summed E-state index contributed by atoms with van der Waals surface area (Å²) in [7, 11) is -1.55. The molecule has 0 bridgehead atoms. The number of hydrogen-bond donors (Lipinski definition) is 2. The van der Waals surface area contributed by atoms with Crippen LogP contribution in [0.2, 0.25) is 0 Å². The van der Waals surface area contributed by atoms with E-state index in [1.54, 1.807) is 7.05 Å². The second-order valence-electron chi connectivity index (χ2n) is 6.88. The number of nitrogens with zero attached hydrogens (tertiary/aromatic N) is 3. The van der Waals surface area contributed by atoms with E-state index in [0.29, 0.717) is 42.8 Å². The van der Waals surface area contributed by atoms with E-state index in [9.17, 15) is 21.6 Å². The van der Waals surface area contributed by atoms with Gasteiger partial charge in [-0.2, -0.15) is 17.5 Å². The molecule has 166 valence electrons. The minimum atomic E-state index is -5.24. The van der Waals surface area contributed by atoms with Gasteiger partial charge >= 0.3 is 15.5 Å². The van der Waals surface area contributed by atoms with Gasteiger partial charge in [0, 0.05) is 46.3 Å². The molecule has 2 saturated heterocycles. The van der Waals surface area contributed by atoms with Crippen LogP contribution in [0.25, 0.3) is 0 Å². The van der Waals surface area contributed by atoms with Crippen LogP contribution in [0.4, 0.5) is 13.2 Å². The van der Waals surface area contributed by atoms with Crippen LogP contribution < -0.4 is 10.6 Å². The molecule has 1 unspecified atom stereocenters. The molecular formula is C15H29F3IN5O3S. The number of piperidine rings is 1. The summed E-state index contributed by atoms with van der Waals surface area (Å²) >= 11 is 0. The summed E-state index contributed by atoms with van der Waals surface area (Å²) < 4.78 is 66.8. The summed E-state index contributed by atoms with van der Waals surface area (Å²) in [5, 5.41) is 6.34. The van der Waals surface area contributed by atoms with E-state index in [1.165, 1.54) is 0 Å². The first-order valence-electron chi connectivity index (χ1n) is 8.94. The third-order valence-electron chi connectivity index (χ3n) is 4.83. The second-order valence-corrected chi connectivity index (χ2v) is 8.81. The van der Waals surface area contributed by atoms with E-state index in [2.05, 4.69) is 20.5 Å². The van der Waals surface area contributed by atoms with E-state index in [4.69, 9.17) is 4.74 Å². The largest absolute Gasteiger partial charge is 0.511 e. The Kier molecular flexibility index (Phi) is 10.2. The molecule has 2 N–H and O–H groups in total. The van der Waals surface area contributed by atoms with Gasteiger partial charge in [-0.1, -0.05) is 0 Å². The highest BCUT2D eigenvalue weighted by Crippen LogP contribution is 2.30. The summed E-state index contributed by atoms with van der Waals surface area (Å²) in [6.07, 6.45) is 0.809. The lowest BCUT2D eigenvalue weighted by Gasteiger charge is -2.32. The summed E-state index contributed by atoms with van der Waals surface area (Å²) in [5.74, 6) is 0.678. The number of hydrogen-bond acceptors (Lipinski definition) is 5. The highest BCUT2D eigenvalue weighted by Gasteiger charge is 2.50. The van der Waals surface area contributed by atoms with Crippen LogP contribution in [0.15, 0.2) is 4.99 Å². The molecule has 0 aromatic carbocycles. The molecule has 2 heterocycles. The van der Waals surface area contributed by atoms with Crippen molar-refractivity contribution < 1.29 is 26.3 Å². The second kappa shape index (κ2) is 11.1. The van der Waals surface area contributed by atoms with Crippen molar-refractivity contribution in [2.24, 2.45) is 10.9 Å². The van der Waals surface area contributed by atoms with E-state index < -0.39 is 15.5 Å². The maximum absolute atomic E-state index is 12.6. The first-order chi connectivity index (χ1) is 12.6. The number of rotatable bonds is 5. The molecule has 8 nitrogen and oxygen atoms in total.